The van der Waals surface area contributed by atoms with Crippen LogP contribution in [0.4, 0.5) is 0 Å². The number of nitrogens with zero attached hydrogens (tertiary/aromatic N) is 1. The van der Waals surface area contributed by atoms with Crippen molar-refractivity contribution < 1.29 is 13.2 Å². The maximum absolute atomic E-state index is 12.4. The number of carbonyl (C=O) groups is 1. The van der Waals surface area contributed by atoms with Crippen LogP contribution in [-0.4, -0.2) is 56.9 Å². The highest BCUT2D eigenvalue weighted by molar-refractivity contribution is 7.91. The number of carbonyl (C=O) groups excluding carboxylic acids is 1. The van der Waals surface area contributed by atoms with Gasteiger partial charge in [-0.3, -0.25) is 4.79 Å². The highest BCUT2D eigenvalue weighted by Gasteiger charge is 2.39. The first-order valence-corrected chi connectivity index (χ1v) is 7.96. The largest absolute Gasteiger partial charge is 0.341 e. The SMILES string of the molecule is CC1(C(=O)N2CCCS(=O)(=O)CC2)CCNC1. The molecule has 0 radical (unpaired) electrons. The molecule has 0 bridgehead atoms. The van der Waals surface area contributed by atoms with Gasteiger partial charge in [-0.1, -0.05) is 0 Å². The van der Waals surface area contributed by atoms with Crippen LogP contribution < -0.4 is 5.32 Å². The Morgan fingerprint density at radius 3 is 2.71 bits per heavy atom. The van der Waals surface area contributed by atoms with Crippen LogP contribution in [0.3, 0.4) is 0 Å². The third-order valence-electron chi connectivity index (χ3n) is 3.73. The molecule has 6 heteroatoms. The van der Waals surface area contributed by atoms with Crippen LogP contribution in [-0.2, 0) is 14.6 Å². The van der Waals surface area contributed by atoms with Gasteiger partial charge in [-0.2, -0.15) is 0 Å². The summed E-state index contributed by atoms with van der Waals surface area (Å²) in [7, 11) is -2.94. The molecule has 1 atom stereocenters. The molecule has 2 aliphatic rings. The molecule has 0 aromatic carbocycles. The molecule has 98 valence electrons. The Hall–Kier alpha value is -0.620. The summed E-state index contributed by atoms with van der Waals surface area (Å²) in [6.07, 6.45) is 1.41. The zero-order chi connectivity index (χ0) is 12.5. The smallest absolute Gasteiger partial charge is 0.229 e. The van der Waals surface area contributed by atoms with Crippen LogP contribution in [0.2, 0.25) is 0 Å². The first-order valence-electron chi connectivity index (χ1n) is 6.14. The molecule has 0 aromatic rings. The van der Waals surface area contributed by atoms with E-state index in [1.165, 1.54) is 0 Å². The van der Waals surface area contributed by atoms with Gasteiger partial charge < -0.3 is 10.2 Å². The Morgan fingerprint density at radius 1 is 1.29 bits per heavy atom. The van der Waals surface area contributed by atoms with Gasteiger partial charge >= 0.3 is 0 Å². The zero-order valence-electron chi connectivity index (χ0n) is 10.2. The molecule has 2 rings (SSSR count). The van der Waals surface area contributed by atoms with Gasteiger partial charge in [0.1, 0.15) is 0 Å². The minimum absolute atomic E-state index is 0.111. The van der Waals surface area contributed by atoms with E-state index in [0.29, 0.717) is 26.1 Å². The van der Waals surface area contributed by atoms with E-state index in [9.17, 15) is 13.2 Å². The number of nitrogens with one attached hydrogen (secondary N) is 1. The van der Waals surface area contributed by atoms with Crippen LogP contribution in [0.1, 0.15) is 19.8 Å². The predicted octanol–water partition coefficient (Wildman–Crippen LogP) is -0.367. The van der Waals surface area contributed by atoms with Crippen LogP contribution in [0.5, 0.6) is 0 Å². The normalized spacial score (nSPS) is 33.4. The first-order chi connectivity index (χ1) is 7.93. The van der Waals surface area contributed by atoms with E-state index in [4.69, 9.17) is 0 Å². The molecule has 2 aliphatic heterocycles. The number of sulfone groups is 1. The first kappa shape index (κ1) is 12.8. The van der Waals surface area contributed by atoms with Crippen molar-refractivity contribution in [1.29, 1.82) is 0 Å². The van der Waals surface area contributed by atoms with Crippen LogP contribution >= 0.6 is 0 Å². The van der Waals surface area contributed by atoms with Gasteiger partial charge in [-0.25, -0.2) is 8.42 Å². The van der Waals surface area contributed by atoms with Crippen molar-refractivity contribution in [2.75, 3.05) is 37.7 Å². The molecule has 0 aromatic heterocycles. The highest BCUT2D eigenvalue weighted by Crippen LogP contribution is 2.27. The molecule has 0 aliphatic carbocycles. The number of hydrogen-bond acceptors (Lipinski definition) is 4. The van der Waals surface area contributed by atoms with E-state index in [1.54, 1.807) is 4.90 Å². The summed E-state index contributed by atoms with van der Waals surface area (Å²) in [5.74, 6) is 0.438. The summed E-state index contributed by atoms with van der Waals surface area (Å²) < 4.78 is 23.0. The third-order valence-corrected chi connectivity index (χ3v) is 5.44. The molecule has 0 saturated carbocycles. The average Bonchev–Trinajstić information content (AvgIpc) is 2.62. The Kier molecular flexibility index (Phi) is 3.45. The van der Waals surface area contributed by atoms with Crippen molar-refractivity contribution in [2.45, 2.75) is 19.8 Å². The quantitative estimate of drug-likeness (QED) is 0.699. The summed E-state index contributed by atoms with van der Waals surface area (Å²) in [5, 5.41) is 3.20. The van der Waals surface area contributed by atoms with Crippen LogP contribution in [0.25, 0.3) is 0 Å². The Bertz CT molecular complexity index is 399. The van der Waals surface area contributed by atoms with Gasteiger partial charge in [0.05, 0.1) is 16.9 Å². The molecule has 1 amide bonds. The topological polar surface area (TPSA) is 66.5 Å². The van der Waals surface area contributed by atoms with E-state index >= 15 is 0 Å². The second-order valence-corrected chi connectivity index (χ2v) is 7.59. The van der Waals surface area contributed by atoms with E-state index < -0.39 is 9.84 Å². The molecule has 2 heterocycles. The van der Waals surface area contributed by atoms with Gasteiger partial charge in [0.15, 0.2) is 9.84 Å². The lowest BCUT2D eigenvalue weighted by Gasteiger charge is -2.30. The van der Waals surface area contributed by atoms with Crippen LogP contribution in [0, 0.1) is 5.41 Å². The predicted molar refractivity (Wildman–Crippen MR) is 65.4 cm³/mol. The molecule has 2 fully saturated rings. The second kappa shape index (κ2) is 4.57. The Balaban J connectivity index is 2.05. The lowest BCUT2D eigenvalue weighted by atomic mass is 9.88. The summed E-state index contributed by atoms with van der Waals surface area (Å²) in [5.41, 5.74) is -0.339. The van der Waals surface area contributed by atoms with Crippen molar-refractivity contribution in [2.24, 2.45) is 5.41 Å². The molecule has 17 heavy (non-hydrogen) atoms. The highest BCUT2D eigenvalue weighted by atomic mass is 32.2. The lowest BCUT2D eigenvalue weighted by molar-refractivity contribution is -0.139. The van der Waals surface area contributed by atoms with Gasteiger partial charge in [0.25, 0.3) is 0 Å². The minimum atomic E-state index is -2.94. The van der Waals surface area contributed by atoms with Gasteiger partial charge in [-0.05, 0) is 26.3 Å². The van der Waals surface area contributed by atoms with E-state index in [1.807, 2.05) is 6.92 Å². The van der Waals surface area contributed by atoms with E-state index in [2.05, 4.69) is 5.32 Å². The molecule has 5 nitrogen and oxygen atoms in total. The zero-order valence-corrected chi connectivity index (χ0v) is 11.1. The maximum atomic E-state index is 12.4. The molecular weight excluding hydrogens is 240 g/mol. The lowest BCUT2D eigenvalue weighted by Crippen LogP contribution is -2.44. The summed E-state index contributed by atoms with van der Waals surface area (Å²) in [6.45, 7) is 4.47. The number of rotatable bonds is 1. The van der Waals surface area contributed by atoms with E-state index in [0.717, 1.165) is 13.0 Å². The summed E-state index contributed by atoms with van der Waals surface area (Å²) >= 11 is 0. The Labute approximate surface area is 102 Å². The summed E-state index contributed by atoms with van der Waals surface area (Å²) in [4.78, 5) is 14.1. The van der Waals surface area contributed by atoms with Gasteiger partial charge in [0, 0.05) is 19.6 Å². The Morgan fingerprint density at radius 2 is 2.06 bits per heavy atom. The third kappa shape index (κ3) is 2.80. The van der Waals surface area contributed by atoms with Crippen molar-refractivity contribution in [3.05, 3.63) is 0 Å². The fraction of sp³-hybridized carbons (Fsp3) is 0.909. The van der Waals surface area contributed by atoms with Crippen molar-refractivity contribution in [1.82, 2.24) is 10.2 Å². The second-order valence-electron chi connectivity index (χ2n) is 5.29. The molecule has 1 N–H and O–H groups in total. The van der Waals surface area contributed by atoms with Gasteiger partial charge in [0.2, 0.25) is 5.91 Å². The molecule has 0 spiro atoms. The standard InChI is InChI=1S/C11H20N2O3S/c1-11(3-4-12-9-11)10(14)13-5-2-7-17(15,16)8-6-13/h12H,2-9H2,1H3. The minimum Gasteiger partial charge on any atom is -0.341 e. The fourth-order valence-electron chi connectivity index (χ4n) is 2.52. The van der Waals surface area contributed by atoms with E-state index in [-0.39, 0.29) is 22.8 Å². The molecule has 1 unspecified atom stereocenters. The van der Waals surface area contributed by atoms with Crippen molar-refractivity contribution in [3.63, 3.8) is 0 Å². The number of hydrogen-bond donors (Lipinski definition) is 1. The van der Waals surface area contributed by atoms with Crippen molar-refractivity contribution >= 4 is 15.7 Å². The van der Waals surface area contributed by atoms with Crippen molar-refractivity contribution in [3.8, 4) is 0 Å². The fourth-order valence-corrected chi connectivity index (χ4v) is 3.79. The maximum Gasteiger partial charge on any atom is 0.229 e. The van der Waals surface area contributed by atoms with Gasteiger partial charge in [-0.15, -0.1) is 0 Å². The number of amides is 1. The molecule has 2 saturated heterocycles. The monoisotopic (exact) mass is 260 g/mol. The average molecular weight is 260 g/mol. The summed E-state index contributed by atoms with van der Waals surface area (Å²) in [6, 6.07) is 0. The van der Waals surface area contributed by atoms with Crippen LogP contribution in [0.15, 0.2) is 0 Å². The molecular formula is C11H20N2O3S.